The lowest BCUT2D eigenvalue weighted by atomic mass is 10.2. The Morgan fingerprint density at radius 1 is 1.04 bits per heavy atom. The Balaban J connectivity index is 1.89. The van der Waals surface area contributed by atoms with Gasteiger partial charge in [0.1, 0.15) is 17.1 Å². The van der Waals surface area contributed by atoms with Gasteiger partial charge in [0.05, 0.1) is 7.11 Å². The van der Waals surface area contributed by atoms with Gasteiger partial charge in [0.25, 0.3) is 0 Å². The van der Waals surface area contributed by atoms with Gasteiger partial charge in [-0.15, -0.1) is 0 Å². The molecule has 1 N–H and O–H groups in total. The fraction of sp³-hybridized carbons (Fsp3) is 0.421. The zero-order valence-electron chi connectivity index (χ0n) is 15.7. The van der Waals surface area contributed by atoms with Crippen molar-refractivity contribution in [2.75, 3.05) is 25.1 Å². The minimum atomic E-state index is 0.746. The van der Waals surface area contributed by atoms with Crippen LogP contribution in [0.3, 0.4) is 0 Å². The van der Waals surface area contributed by atoms with Gasteiger partial charge in [-0.1, -0.05) is 30.8 Å². The van der Waals surface area contributed by atoms with E-state index in [9.17, 15) is 0 Å². The average molecular weight is 372 g/mol. The highest BCUT2D eigenvalue weighted by molar-refractivity contribution is 7.98. The lowest BCUT2D eigenvalue weighted by molar-refractivity contribution is 0.414. The molecule has 2 heterocycles. The third kappa shape index (κ3) is 3.93. The smallest absolute Gasteiger partial charge is 0.192 e. The Hall–Kier alpha value is -2.28. The standard InChI is InChI=1S/C19H25N5OS/c1-5-15-20-16-17(21-15)22-19(23-18(16)24(6-2)7-3)26-12-13-8-10-14(25-4)11-9-13/h8-11H,5-7,12H2,1-4H3,(H,20,21,22,23). The second kappa shape index (κ2) is 8.40. The summed E-state index contributed by atoms with van der Waals surface area (Å²) in [6.45, 7) is 8.15. The number of fused-ring (bicyclic) bond motifs is 1. The Labute approximate surface area is 158 Å². The molecule has 0 saturated carbocycles. The van der Waals surface area contributed by atoms with E-state index in [2.05, 4.69) is 52.8 Å². The van der Waals surface area contributed by atoms with Gasteiger partial charge in [-0.05, 0) is 31.5 Å². The first-order valence-electron chi connectivity index (χ1n) is 8.95. The highest BCUT2D eigenvalue weighted by Crippen LogP contribution is 2.28. The number of thioether (sulfide) groups is 1. The van der Waals surface area contributed by atoms with E-state index in [1.165, 1.54) is 5.56 Å². The maximum absolute atomic E-state index is 5.21. The van der Waals surface area contributed by atoms with Crippen LogP contribution in [0.2, 0.25) is 0 Å². The molecular weight excluding hydrogens is 346 g/mol. The number of anilines is 1. The van der Waals surface area contributed by atoms with Gasteiger partial charge >= 0.3 is 0 Å². The van der Waals surface area contributed by atoms with Crippen LogP contribution in [0, 0.1) is 0 Å². The van der Waals surface area contributed by atoms with E-state index in [1.807, 2.05) is 12.1 Å². The molecule has 0 fully saturated rings. The first kappa shape index (κ1) is 18.5. The molecule has 1 aromatic carbocycles. The van der Waals surface area contributed by atoms with E-state index in [-0.39, 0.29) is 0 Å². The van der Waals surface area contributed by atoms with Gasteiger partial charge in [-0.25, -0.2) is 15.0 Å². The van der Waals surface area contributed by atoms with Gasteiger partial charge < -0.3 is 14.6 Å². The number of hydrogen-bond donors (Lipinski definition) is 1. The van der Waals surface area contributed by atoms with E-state index < -0.39 is 0 Å². The molecule has 2 aromatic heterocycles. The summed E-state index contributed by atoms with van der Waals surface area (Å²) in [5.41, 5.74) is 2.88. The van der Waals surface area contributed by atoms with Crippen LogP contribution in [0.15, 0.2) is 29.4 Å². The summed E-state index contributed by atoms with van der Waals surface area (Å²) in [5, 5.41) is 0.754. The molecular formula is C19H25N5OS. The predicted octanol–water partition coefficient (Wildman–Crippen LogP) is 4.06. The monoisotopic (exact) mass is 371 g/mol. The van der Waals surface area contributed by atoms with Crippen LogP contribution >= 0.6 is 11.8 Å². The molecule has 0 aliphatic heterocycles. The molecule has 3 rings (SSSR count). The van der Waals surface area contributed by atoms with Crippen molar-refractivity contribution in [3.05, 3.63) is 35.7 Å². The summed E-state index contributed by atoms with van der Waals surface area (Å²) in [7, 11) is 1.68. The molecule has 0 spiro atoms. The topological polar surface area (TPSA) is 66.9 Å². The van der Waals surface area contributed by atoms with Crippen molar-refractivity contribution < 1.29 is 4.74 Å². The first-order chi connectivity index (χ1) is 12.7. The Bertz CT molecular complexity index is 858. The molecule has 0 aliphatic rings. The maximum atomic E-state index is 5.21. The molecule has 0 atom stereocenters. The van der Waals surface area contributed by atoms with Gasteiger partial charge in [0.15, 0.2) is 16.6 Å². The lowest BCUT2D eigenvalue weighted by Crippen LogP contribution is -2.23. The Morgan fingerprint density at radius 3 is 2.38 bits per heavy atom. The highest BCUT2D eigenvalue weighted by atomic mass is 32.2. The number of nitrogens with one attached hydrogen (secondary N) is 1. The summed E-state index contributed by atoms with van der Waals surface area (Å²) in [6, 6.07) is 8.09. The van der Waals surface area contributed by atoms with Crippen LogP contribution in [0.4, 0.5) is 5.82 Å². The molecule has 0 aliphatic carbocycles. The molecule has 7 heteroatoms. The lowest BCUT2D eigenvalue weighted by Gasteiger charge is -2.20. The number of benzene rings is 1. The number of hydrogen-bond acceptors (Lipinski definition) is 6. The zero-order chi connectivity index (χ0) is 18.5. The van der Waals surface area contributed by atoms with Crippen LogP contribution in [-0.4, -0.2) is 40.1 Å². The van der Waals surface area contributed by atoms with Crippen molar-refractivity contribution in [3.8, 4) is 5.75 Å². The number of aromatic amines is 1. The third-order valence-corrected chi connectivity index (χ3v) is 5.20. The number of aromatic nitrogens is 4. The number of methoxy groups -OCH3 is 1. The van der Waals surface area contributed by atoms with E-state index in [4.69, 9.17) is 9.72 Å². The van der Waals surface area contributed by atoms with Gasteiger partial charge in [-0.3, -0.25) is 0 Å². The second-order valence-corrected chi connectivity index (χ2v) is 6.82. The molecule has 0 saturated heterocycles. The van der Waals surface area contributed by atoms with Crippen LogP contribution < -0.4 is 9.64 Å². The summed E-state index contributed by atoms with van der Waals surface area (Å²) < 4.78 is 5.21. The Morgan fingerprint density at radius 2 is 1.77 bits per heavy atom. The largest absolute Gasteiger partial charge is 0.497 e. The fourth-order valence-electron chi connectivity index (χ4n) is 2.76. The van der Waals surface area contributed by atoms with Crippen molar-refractivity contribution >= 4 is 28.7 Å². The SMILES string of the molecule is CCc1nc2nc(SCc3ccc(OC)cc3)nc(N(CC)CC)c2[nH]1. The van der Waals surface area contributed by atoms with Gasteiger partial charge in [0.2, 0.25) is 0 Å². The molecule has 0 amide bonds. The molecule has 0 unspecified atom stereocenters. The molecule has 138 valence electrons. The summed E-state index contributed by atoms with van der Waals surface area (Å²) >= 11 is 1.63. The quantitative estimate of drug-likeness (QED) is 0.476. The van der Waals surface area contributed by atoms with E-state index in [1.54, 1.807) is 18.9 Å². The van der Waals surface area contributed by atoms with Crippen molar-refractivity contribution in [1.29, 1.82) is 0 Å². The molecule has 3 aromatic rings. The summed E-state index contributed by atoms with van der Waals surface area (Å²) in [5.74, 6) is 3.55. The summed E-state index contributed by atoms with van der Waals surface area (Å²) in [6.07, 6.45) is 0.850. The fourth-order valence-corrected chi connectivity index (χ4v) is 3.55. The van der Waals surface area contributed by atoms with E-state index in [0.717, 1.165) is 59.0 Å². The first-order valence-corrected chi connectivity index (χ1v) is 9.94. The van der Waals surface area contributed by atoms with Crippen LogP contribution in [0.25, 0.3) is 11.2 Å². The predicted molar refractivity (Wildman–Crippen MR) is 107 cm³/mol. The molecule has 0 radical (unpaired) electrons. The van der Waals surface area contributed by atoms with Crippen LogP contribution in [-0.2, 0) is 12.2 Å². The minimum absolute atomic E-state index is 0.746. The number of rotatable bonds is 8. The van der Waals surface area contributed by atoms with Crippen molar-refractivity contribution in [2.24, 2.45) is 0 Å². The van der Waals surface area contributed by atoms with Crippen molar-refractivity contribution in [1.82, 2.24) is 19.9 Å². The normalized spacial score (nSPS) is 11.1. The van der Waals surface area contributed by atoms with Crippen molar-refractivity contribution in [3.63, 3.8) is 0 Å². The molecule has 6 nitrogen and oxygen atoms in total. The second-order valence-electron chi connectivity index (χ2n) is 5.87. The van der Waals surface area contributed by atoms with Gasteiger partial charge in [-0.2, -0.15) is 0 Å². The van der Waals surface area contributed by atoms with Crippen LogP contribution in [0.1, 0.15) is 32.2 Å². The number of aryl methyl sites for hydroxylation is 1. The van der Waals surface area contributed by atoms with E-state index in [0.29, 0.717) is 0 Å². The number of ether oxygens (including phenoxy) is 1. The number of imidazole rings is 1. The Kier molecular flexibility index (Phi) is 5.98. The zero-order valence-corrected chi connectivity index (χ0v) is 16.6. The molecule has 0 bridgehead atoms. The number of H-pyrrole nitrogens is 1. The van der Waals surface area contributed by atoms with Crippen LogP contribution in [0.5, 0.6) is 5.75 Å². The van der Waals surface area contributed by atoms with Gasteiger partial charge in [0, 0.05) is 25.3 Å². The summed E-state index contributed by atoms with van der Waals surface area (Å²) in [4.78, 5) is 19.7. The third-order valence-electron chi connectivity index (χ3n) is 4.29. The molecule has 26 heavy (non-hydrogen) atoms. The number of nitrogens with zero attached hydrogens (tertiary/aromatic N) is 4. The maximum Gasteiger partial charge on any atom is 0.192 e. The average Bonchev–Trinajstić information content (AvgIpc) is 3.11. The minimum Gasteiger partial charge on any atom is -0.497 e. The van der Waals surface area contributed by atoms with E-state index >= 15 is 0 Å². The van der Waals surface area contributed by atoms with Crippen molar-refractivity contribution in [2.45, 2.75) is 38.1 Å². The highest BCUT2D eigenvalue weighted by Gasteiger charge is 2.16.